The Morgan fingerprint density at radius 2 is 2.10 bits per heavy atom. The van der Waals surface area contributed by atoms with E-state index < -0.39 is 10.8 Å². The van der Waals surface area contributed by atoms with E-state index in [4.69, 9.17) is 9.47 Å². The lowest BCUT2D eigenvalue weighted by Gasteiger charge is -2.13. The Bertz CT molecular complexity index is 1060. The molecule has 1 amide bonds. The lowest BCUT2D eigenvalue weighted by molar-refractivity contribution is -0.385. The van der Waals surface area contributed by atoms with Gasteiger partial charge in [0.15, 0.2) is 11.5 Å². The third-order valence-electron chi connectivity index (χ3n) is 4.00. The van der Waals surface area contributed by atoms with E-state index in [2.05, 4.69) is 26.2 Å². The first-order chi connectivity index (χ1) is 13.9. The van der Waals surface area contributed by atoms with Crippen molar-refractivity contribution in [1.29, 1.82) is 0 Å². The first-order valence-corrected chi connectivity index (χ1v) is 10.1. The lowest BCUT2D eigenvalue weighted by atomic mass is 10.1. The molecule has 1 N–H and O–H groups in total. The summed E-state index contributed by atoms with van der Waals surface area (Å²) >= 11 is 4.81. The van der Waals surface area contributed by atoms with Crippen molar-refractivity contribution in [3.05, 3.63) is 72.6 Å². The van der Waals surface area contributed by atoms with E-state index in [1.165, 1.54) is 30.6 Å². The zero-order valence-electron chi connectivity index (χ0n) is 15.5. The van der Waals surface area contributed by atoms with E-state index in [0.717, 1.165) is 10.0 Å². The molecule has 3 rings (SSSR count). The molecule has 1 heterocycles. The van der Waals surface area contributed by atoms with E-state index in [1.807, 2.05) is 12.3 Å². The molecule has 150 valence electrons. The molecule has 0 atom stereocenters. The van der Waals surface area contributed by atoms with Crippen LogP contribution in [-0.4, -0.2) is 22.9 Å². The quantitative estimate of drug-likeness (QED) is 0.380. The molecule has 0 unspecified atom stereocenters. The van der Waals surface area contributed by atoms with E-state index >= 15 is 0 Å². The fourth-order valence-corrected chi connectivity index (χ4v) is 3.33. The van der Waals surface area contributed by atoms with Crippen molar-refractivity contribution in [3.8, 4) is 11.5 Å². The Morgan fingerprint density at radius 1 is 1.31 bits per heavy atom. The van der Waals surface area contributed by atoms with E-state index in [9.17, 15) is 14.9 Å². The highest BCUT2D eigenvalue weighted by molar-refractivity contribution is 9.10. The van der Waals surface area contributed by atoms with Gasteiger partial charge in [0.25, 0.3) is 11.6 Å². The Balaban J connectivity index is 1.91. The third-order valence-corrected chi connectivity index (χ3v) is 5.52. The molecule has 3 aromatic rings. The average molecular weight is 478 g/mol. The highest BCUT2D eigenvalue weighted by Crippen LogP contribution is 2.35. The van der Waals surface area contributed by atoms with Crippen LogP contribution in [-0.2, 0) is 6.61 Å². The fourth-order valence-electron chi connectivity index (χ4n) is 2.54. The molecule has 10 heteroatoms. The van der Waals surface area contributed by atoms with Crippen LogP contribution in [0.5, 0.6) is 11.5 Å². The molecular formula is C19H16BrN3O5S. The number of amides is 1. The van der Waals surface area contributed by atoms with Crippen molar-refractivity contribution in [3.63, 3.8) is 0 Å². The predicted molar refractivity (Wildman–Crippen MR) is 113 cm³/mol. The number of carbonyl (C=O) groups is 1. The average Bonchev–Trinajstić information content (AvgIpc) is 3.22. The topological polar surface area (TPSA) is 104 Å². The molecule has 0 saturated heterocycles. The van der Waals surface area contributed by atoms with Gasteiger partial charge < -0.3 is 14.8 Å². The Morgan fingerprint density at radius 3 is 2.72 bits per heavy atom. The second-order valence-corrected chi connectivity index (χ2v) is 7.54. The summed E-state index contributed by atoms with van der Waals surface area (Å²) in [6.45, 7) is 2.00. The minimum atomic E-state index is -0.628. The molecule has 8 nitrogen and oxygen atoms in total. The maximum absolute atomic E-state index is 12.7. The van der Waals surface area contributed by atoms with Gasteiger partial charge in [-0.25, -0.2) is 4.98 Å². The number of nitrogens with zero attached hydrogens (tertiary/aromatic N) is 2. The van der Waals surface area contributed by atoms with Crippen molar-refractivity contribution >= 4 is 44.5 Å². The Labute approximate surface area is 178 Å². The van der Waals surface area contributed by atoms with Gasteiger partial charge in [-0.05, 0) is 30.7 Å². The standard InChI is InChI=1S/C19H16BrN3O5S/c1-11-5-12(3-4-15(11)20)22-19(24)14-6-17(27-2)18(7-16(14)23(25)26)28-8-13-9-29-10-21-13/h3-7,9-10H,8H2,1-2H3,(H,22,24). The minimum absolute atomic E-state index is 0.126. The molecule has 0 spiro atoms. The monoisotopic (exact) mass is 477 g/mol. The summed E-state index contributed by atoms with van der Waals surface area (Å²) in [6.07, 6.45) is 0. The van der Waals surface area contributed by atoms with Crippen LogP contribution in [0.15, 0.2) is 45.7 Å². The van der Waals surface area contributed by atoms with Crippen LogP contribution in [0.3, 0.4) is 0 Å². The second kappa shape index (κ2) is 9.01. The van der Waals surface area contributed by atoms with E-state index in [1.54, 1.807) is 23.7 Å². The number of hydrogen-bond donors (Lipinski definition) is 1. The number of nitro benzene ring substituents is 1. The molecule has 29 heavy (non-hydrogen) atoms. The summed E-state index contributed by atoms with van der Waals surface area (Å²) in [4.78, 5) is 27.8. The molecule has 0 aliphatic heterocycles. The number of ether oxygens (including phenoxy) is 2. The second-order valence-electron chi connectivity index (χ2n) is 5.96. The van der Waals surface area contributed by atoms with Crippen LogP contribution < -0.4 is 14.8 Å². The summed E-state index contributed by atoms with van der Waals surface area (Å²) in [5, 5.41) is 16.1. The number of aryl methyl sites for hydroxylation is 1. The highest BCUT2D eigenvalue weighted by Gasteiger charge is 2.25. The van der Waals surface area contributed by atoms with E-state index in [-0.39, 0.29) is 29.4 Å². The molecule has 2 aromatic carbocycles. The lowest BCUT2D eigenvalue weighted by Crippen LogP contribution is -2.14. The third kappa shape index (κ3) is 4.90. The zero-order chi connectivity index (χ0) is 21.0. The van der Waals surface area contributed by atoms with Gasteiger partial charge >= 0.3 is 0 Å². The largest absolute Gasteiger partial charge is 0.493 e. The summed E-state index contributed by atoms with van der Waals surface area (Å²) in [5.41, 5.74) is 3.27. The number of nitrogens with one attached hydrogen (secondary N) is 1. The number of benzene rings is 2. The van der Waals surface area contributed by atoms with Gasteiger partial charge in [-0.1, -0.05) is 15.9 Å². The minimum Gasteiger partial charge on any atom is -0.493 e. The maximum atomic E-state index is 12.7. The van der Waals surface area contributed by atoms with Crippen LogP contribution in [0.2, 0.25) is 0 Å². The van der Waals surface area contributed by atoms with Gasteiger partial charge in [-0.15, -0.1) is 11.3 Å². The Kier molecular flexibility index (Phi) is 6.45. The number of halogens is 1. The number of methoxy groups -OCH3 is 1. The number of carbonyl (C=O) groups excluding carboxylic acids is 1. The van der Waals surface area contributed by atoms with Gasteiger partial charge in [0.05, 0.1) is 29.3 Å². The molecule has 0 fully saturated rings. The molecule has 0 saturated carbocycles. The summed E-state index contributed by atoms with van der Waals surface area (Å²) < 4.78 is 11.8. The van der Waals surface area contributed by atoms with Crippen LogP contribution >= 0.6 is 27.3 Å². The summed E-state index contributed by atoms with van der Waals surface area (Å²) in [6, 6.07) is 7.73. The van der Waals surface area contributed by atoms with E-state index in [0.29, 0.717) is 11.4 Å². The molecule has 0 aliphatic rings. The van der Waals surface area contributed by atoms with Crippen LogP contribution in [0.1, 0.15) is 21.6 Å². The molecule has 1 aromatic heterocycles. The van der Waals surface area contributed by atoms with Crippen LogP contribution in [0.4, 0.5) is 11.4 Å². The SMILES string of the molecule is COc1cc(C(=O)Nc2ccc(Br)c(C)c2)c([N+](=O)[O-])cc1OCc1cscn1. The van der Waals surface area contributed by atoms with Crippen molar-refractivity contribution in [2.24, 2.45) is 0 Å². The van der Waals surface area contributed by atoms with Crippen molar-refractivity contribution in [2.75, 3.05) is 12.4 Å². The van der Waals surface area contributed by atoms with Gasteiger partial charge in [-0.2, -0.15) is 0 Å². The van der Waals surface area contributed by atoms with Crippen molar-refractivity contribution in [1.82, 2.24) is 4.98 Å². The number of rotatable bonds is 7. The number of thiazole rings is 1. The van der Waals surface area contributed by atoms with Gasteiger partial charge in [0.2, 0.25) is 0 Å². The molecule has 0 aliphatic carbocycles. The van der Waals surface area contributed by atoms with Crippen molar-refractivity contribution in [2.45, 2.75) is 13.5 Å². The first-order valence-electron chi connectivity index (χ1n) is 8.33. The van der Waals surface area contributed by atoms with Gasteiger partial charge in [0.1, 0.15) is 12.2 Å². The summed E-state index contributed by atoms with van der Waals surface area (Å²) in [5.74, 6) is -0.256. The zero-order valence-corrected chi connectivity index (χ0v) is 17.9. The predicted octanol–water partition coefficient (Wildman–Crippen LogP) is 4.96. The molecular weight excluding hydrogens is 462 g/mol. The van der Waals surface area contributed by atoms with Crippen molar-refractivity contribution < 1.29 is 19.2 Å². The summed E-state index contributed by atoms with van der Waals surface area (Å²) in [7, 11) is 1.40. The smallest absolute Gasteiger partial charge is 0.286 e. The number of anilines is 1. The Hall–Kier alpha value is -2.98. The van der Waals surface area contributed by atoms with Crippen LogP contribution in [0, 0.1) is 17.0 Å². The maximum Gasteiger partial charge on any atom is 0.286 e. The number of hydrogen-bond acceptors (Lipinski definition) is 7. The van der Waals surface area contributed by atoms with Crippen LogP contribution in [0.25, 0.3) is 0 Å². The van der Waals surface area contributed by atoms with Gasteiger partial charge in [0, 0.05) is 21.6 Å². The molecule has 0 bridgehead atoms. The fraction of sp³-hybridized carbons (Fsp3) is 0.158. The molecule has 0 radical (unpaired) electrons. The number of aromatic nitrogens is 1. The normalized spacial score (nSPS) is 10.4. The van der Waals surface area contributed by atoms with Gasteiger partial charge in [-0.3, -0.25) is 14.9 Å². The first kappa shape index (κ1) is 20.7. The number of nitro groups is 1. The highest BCUT2D eigenvalue weighted by atomic mass is 79.9.